The fraction of sp³-hybridized carbons (Fsp3) is 0.688. The van der Waals surface area contributed by atoms with Crippen LogP contribution in [0.15, 0.2) is 17.8 Å². The van der Waals surface area contributed by atoms with Crippen molar-refractivity contribution in [3.63, 3.8) is 0 Å². The minimum atomic E-state index is -0.606. The number of hydrogen-bond donors (Lipinski definition) is 1. The maximum Gasteiger partial charge on any atom is 0.246 e. The van der Waals surface area contributed by atoms with Crippen LogP contribution < -0.4 is 0 Å². The lowest BCUT2D eigenvalue weighted by Gasteiger charge is -2.38. The first kappa shape index (κ1) is 15.2. The molecule has 0 radical (unpaired) electrons. The summed E-state index contributed by atoms with van der Waals surface area (Å²) in [6.45, 7) is 5.28. The van der Waals surface area contributed by atoms with Crippen LogP contribution in [0.1, 0.15) is 57.4 Å². The maximum atomic E-state index is 12.2. The van der Waals surface area contributed by atoms with Crippen LogP contribution in [0.25, 0.3) is 0 Å². The molecule has 1 aromatic heterocycles. The Morgan fingerprint density at radius 1 is 1.41 bits per heavy atom. The highest BCUT2D eigenvalue weighted by Crippen LogP contribution is 2.28. The largest absolute Gasteiger partial charge is 0.387 e. The monoisotopic (exact) mass is 304 g/mol. The van der Waals surface area contributed by atoms with Crippen LogP contribution in [0, 0.1) is 5.92 Å². The van der Waals surface area contributed by atoms with Crippen LogP contribution >= 0.6 is 0 Å². The molecule has 2 heterocycles. The van der Waals surface area contributed by atoms with Gasteiger partial charge in [0.1, 0.15) is 5.69 Å². The zero-order valence-corrected chi connectivity index (χ0v) is 13.3. The molecule has 1 atom stereocenters. The second-order valence-corrected chi connectivity index (χ2v) is 6.68. The molecule has 1 N–H and O–H groups in total. The molecule has 6 heteroatoms. The highest BCUT2D eigenvalue weighted by Gasteiger charge is 2.32. The van der Waals surface area contributed by atoms with Gasteiger partial charge in [-0.15, -0.1) is 5.10 Å². The molecule has 0 spiro atoms. The standard InChI is InChI=1S/C16H24N4O2/c1-11-3-5-13(6-4-11)7-16(22)19-8-14(9-19)20-10-15(12(2)21)17-18-20/h7,10-12,14,21H,3-6,8-9H2,1-2H3. The van der Waals surface area contributed by atoms with E-state index in [9.17, 15) is 9.90 Å². The number of likely N-dealkylation sites (tertiary alicyclic amines) is 1. The van der Waals surface area contributed by atoms with Gasteiger partial charge in [-0.1, -0.05) is 17.7 Å². The summed E-state index contributed by atoms with van der Waals surface area (Å²) in [4.78, 5) is 14.1. The van der Waals surface area contributed by atoms with Gasteiger partial charge in [-0.05, 0) is 38.5 Å². The molecule has 1 aliphatic carbocycles. The minimum absolute atomic E-state index is 0.122. The van der Waals surface area contributed by atoms with Gasteiger partial charge in [-0.3, -0.25) is 4.79 Å². The van der Waals surface area contributed by atoms with Crippen LogP contribution in [0.5, 0.6) is 0 Å². The molecule has 1 amide bonds. The topological polar surface area (TPSA) is 71.2 Å². The lowest BCUT2D eigenvalue weighted by molar-refractivity contribution is -0.131. The predicted octanol–water partition coefficient (Wildman–Crippen LogP) is 1.85. The Morgan fingerprint density at radius 2 is 2.09 bits per heavy atom. The molecule has 120 valence electrons. The maximum absolute atomic E-state index is 12.2. The molecule has 2 aliphatic rings. The summed E-state index contributed by atoms with van der Waals surface area (Å²) >= 11 is 0. The van der Waals surface area contributed by atoms with E-state index in [2.05, 4.69) is 17.2 Å². The summed E-state index contributed by atoms with van der Waals surface area (Å²) in [5.74, 6) is 0.910. The first-order chi connectivity index (χ1) is 10.5. The van der Waals surface area contributed by atoms with E-state index in [0.29, 0.717) is 18.8 Å². The Morgan fingerprint density at radius 3 is 2.68 bits per heavy atom. The summed E-state index contributed by atoms with van der Waals surface area (Å²) in [6, 6.07) is 0.175. The SMILES string of the molecule is CC1CCC(=CC(=O)N2CC(n3cc(C(C)O)nn3)C2)CC1. The number of aromatic nitrogens is 3. The van der Waals surface area contributed by atoms with E-state index in [0.717, 1.165) is 18.8 Å². The molecule has 0 bridgehead atoms. The van der Waals surface area contributed by atoms with E-state index in [1.165, 1.54) is 18.4 Å². The second-order valence-electron chi connectivity index (χ2n) is 6.68. The lowest BCUT2D eigenvalue weighted by Crippen LogP contribution is -2.50. The normalized spacial score (nSPS) is 24.0. The van der Waals surface area contributed by atoms with E-state index in [1.54, 1.807) is 17.8 Å². The first-order valence-corrected chi connectivity index (χ1v) is 8.11. The van der Waals surface area contributed by atoms with Gasteiger partial charge in [0.05, 0.1) is 18.3 Å². The Bertz CT molecular complexity index is 562. The second kappa shape index (κ2) is 6.20. The number of aliphatic hydroxyl groups is 1. The smallest absolute Gasteiger partial charge is 0.246 e. The van der Waals surface area contributed by atoms with Crippen molar-refractivity contribution < 1.29 is 9.90 Å². The summed E-state index contributed by atoms with van der Waals surface area (Å²) in [6.07, 6.45) is 7.51. The number of rotatable bonds is 3. The zero-order valence-electron chi connectivity index (χ0n) is 13.3. The number of carbonyl (C=O) groups excluding carboxylic acids is 1. The van der Waals surface area contributed by atoms with Crippen molar-refractivity contribution in [1.29, 1.82) is 0 Å². The molecular formula is C16H24N4O2. The van der Waals surface area contributed by atoms with Gasteiger partial charge in [0.2, 0.25) is 5.91 Å². The van der Waals surface area contributed by atoms with Crippen molar-refractivity contribution >= 4 is 5.91 Å². The molecular weight excluding hydrogens is 280 g/mol. The van der Waals surface area contributed by atoms with E-state index in [1.807, 2.05) is 11.0 Å². The Hall–Kier alpha value is -1.69. The third-order valence-electron chi connectivity index (χ3n) is 4.75. The number of hydrogen-bond acceptors (Lipinski definition) is 4. The van der Waals surface area contributed by atoms with Gasteiger partial charge in [0.15, 0.2) is 0 Å². The fourth-order valence-electron chi connectivity index (χ4n) is 3.01. The van der Waals surface area contributed by atoms with Crippen LogP contribution in [0.4, 0.5) is 0 Å². The minimum Gasteiger partial charge on any atom is -0.387 e. The molecule has 1 unspecified atom stereocenters. The van der Waals surface area contributed by atoms with Gasteiger partial charge in [0.25, 0.3) is 0 Å². The quantitative estimate of drug-likeness (QED) is 0.865. The van der Waals surface area contributed by atoms with E-state index < -0.39 is 6.10 Å². The first-order valence-electron chi connectivity index (χ1n) is 8.11. The van der Waals surface area contributed by atoms with Crippen LogP contribution in [0.3, 0.4) is 0 Å². The Balaban J connectivity index is 1.52. The van der Waals surface area contributed by atoms with Crippen molar-refractivity contribution in [3.05, 3.63) is 23.5 Å². The van der Waals surface area contributed by atoms with Gasteiger partial charge >= 0.3 is 0 Å². The van der Waals surface area contributed by atoms with Crippen LogP contribution in [0.2, 0.25) is 0 Å². The fourth-order valence-corrected chi connectivity index (χ4v) is 3.01. The van der Waals surface area contributed by atoms with Crippen molar-refractivity contribution in [2.45, 2.75) is 51.7 Å². The molecule has 0 aromatic carbocycles. The molecule has 1 saturated carbocycles. The summed E-state index contributed by atoms with van der Waals surface area (Å²) in [7, 11) is 0. The van der Waals surface area contributed by atoms with Crippen molar-refractivity contribution in [3.8, 4) is 0 Å². The van der Waals surface area contributed by atoms with Gasteiger partial charge in [-0.25, -0.2) is 4.68 Å². The summed E-state index contributed by atoms with van der Waals surface area (Å²) < 4.78 is 1.75. The zero-order chi connectivity index (χ0) is 15.7. The highest BCUT2D eigenvalue weighted by molar-refractivity contribution is 5.89. The molecule has 1 aliphatic heterocycles. The number of carbonyl (C=O) groups is 1. The molecule has 3 rings (SSSR count). The number of aliphatic hydroxyl groups excluding tert-OH is 1. The third kappa shape index (κ3) is 3.21. The van der Waals surface area contributed by atoms with Gasteiger partial charge < -0.3 is 10.0 Å². The number of nitrogens with zero attached hydrogens (tertiary/aromatic N) is 4. The van der Waals surface area contributed by atoms with Gasteiger partial charge in [-0.2, -0.15) is 0 Å². The average Bonchev–Trinajstić information content (AvgIpc) is 2.89. The van der Waals surface area contributed by atoms with Gasteiger partial charge in [0, 0.05) is 19.2 Å². The summed E-state index contributed by atoms with van der Waals surface area (Å²) in [5, 5.41) is 17.4. The van der Waals surface area contributed by atoms with Crippen molar-refractivity contribution in [1.82, 2.24) is 19.9 Å². The van der Waals surface area contributed by atoms with E-state index in [4.69, 9.17) is 0 Å². The molecule has 22 heavy (non-hydrogen) atoms. The summed E-state index contributed by atoms with van der Waals surface area (Å²) in [5.41, 5.74) is 1.87. The van der Waals surface area contributed by atoms with Crippen LogP contribution in [-0.4, -0.2) is 44.0 Å². The lowest BCUT2D eigenvalue weighted by atomic mass is 9.87. The third-order valence-corrected chi connectivity index (χ3v) is 4.75. The van der Waals surface area contributed by atoms with E-state index >= 15 is 0 Å². The Kier molecular flexibility index (Phi) is 4.29. The number of amides is 1. The molecule has 1 aromatic rings. The van der Waals surface area contributed by atoms with Crippen molar-refractivity contribution in [2.75, 3.05) is 13.1 Å². The average molecular weight is 304 g/mol. The predicted molar refractivity (Wildman–Crippen MR) is 82.0 cm³/mol. The molecule has 2 fully saturated rings. The van der Waals surface area contributed by atoms with Crippen LogP contribution in [-0.2, 0) is 4.79 Å². The highest BCUT2D eigenvalue weighted by atomic mass is 16.3. The molecule has 6 nitrogen and oxygen atoms in total. The van der Waals surface area contributed by atoms with Crippen molar-refractivity contribution in [2.24, 2.45) is 5.92 Å². The van der Waals surface area contributed by atoms with E-state index in [-0.39, 0.29) is 11.9 Å². The molecule has 1 saturated heterocycles. The Labute approximate surface area is 130 Å². The number of allylic oxidation sites excluding steroid dienone is 1.